The van der Waals surface area contributed by atoms with Gasteiger partial charge in [-0.2, -0.15) is 13.2 Å². The average Bonchev–Trinajstić information content (AvgIpc) is 2.62. The van der Waals surface area contributed by atoms with E-state index in [4.69, 9.17) is 0 Å². The molecule has 1 amide bonds. The summed E-state index contributed by atoms with van der Waals surface area (Å²) in [5.74, 6) is -1.97. The van der Waals surface area contributed by atoms with Crippen LogP contribution in [0, 0.1) is 18.6 Å². The van der Waals surface area contributed by atoms with Gasteiger partial charge in [0, 0.05) is 30.4 Å². The Morgan fingerprint density at radius 1 is 1.11 bits per heavy atom. The standard InChI is InChI=1S/C20H19F5N2O/c1-3-26-18-10-15(20(23,24)25)6-4-14(18)5-7-19(28)27-11-13-8-16(21)12(2)17(22)9-13/h4-10,26H,3,11H2,1-2H3,(H,27,28)/b7-5+. The molecule has 150 valence electrons. The molecule has 2 aromatic rings. The van der Waals surface area contributed by atoms with Crippen molar-refractivity contribution < 1.29 is 26.7 Å². The molecule has 28 heavy (non-hydrogen) atoms. The van der Waals surface area contributed by atoms with Gasteiger partial charge in [-0.3, -0.25) is 4.79 Å². The maximum absolute atomic E-state index is 13.5. The molecule has 0 atom stereocenters. The maximum atomic E-state index is 13.5. The van der Waals surface area contributed by atoms with Gasteiger partial charge < -0.3 is 10.6 Å². The Labute approximate surface area is 159 Å². The highest BCUT2D eigenvalue weighted by molar-refractivity contribution is 5.92. The van der Waals surface area contributed by atoms with Gasteiger partial charge in [-0.25, -0.2) is 8.78 Å². The van der Waals surface area contributed by atoms with Crippen molar-refractivity contribution in [3.05, 3.63) is 70.3 Å². The van der Waals surface area contributed by atoms with Gasteiger partial charge in [-0.1, -0.05) is 6.07 Å². The first-order valence-electron chi connectivity index (χ1n) is 8.47. The van der Waals surface area contributed by atoms with Gasteiger partial charge in [0.05, 0.1) is 5.56 Å². The highest BCUT2D eigenvalue weighted by atomic mass is 19.4. The van der Waals surface area contributed by atoms with Crippen LogP contribution in [0.1, 0.15) is 29.2 Å². The lowest BCUT2D eigenvalue weighted by atomic mass is 10.1. The van der Waals surface area contributed by atoms with Crippen LogP contribution in [-0.2, 0) is 17.5 Å². The zero-order valence-corrected chi connectivity index (χ0v) is 15.3. The summed E-state index contributed by atoms with van der Waals surface area (Å²) >= 11 is 0. The quantitative estimate of drug-likeness (QED) is 0.528. The highest BCUT2D eigenvalue weighted by Crippen LogP contribution is 2.32. The number of alkyl halides is 3. The zero-order chi connectivity index (χ0) is 20.9. The van der Waals surface area contributed by atoms with Crippen LogP contribution in [0.15, 0.2) is 36.4 Å². The van der Waals surface area contributed by atoms with Crippen molar-refractivity contribution in [3.8, 4) is 0 Å². The fourth-order valence-corrected chi connectivity index (χ4v) is 2.43. The number of amides is 1. The number of hydrogen-bond donors (Lipinski definition) is 2. The SMILES string of the molecule is CCNc1cc(C(F)(F)F)ccc1/C=C/C(=O)NCc1cc(F)c(C)c(F)c1. The molecule has 0 unspecified atom stereocenters. The highest BCUT2D eigenvalue weighted by Gasteiger charge is 2.30. The minimum atomic E-state index is -4.47. The molecule has 2 N–H and O–H groups in total. The first kappa shape index (κ1) is 21.4. The average molecular weight is 398 g/mol. The second-order valence-corrected chi connectivity index (χ2v) is 6.07. The Morgan fingerprint density at radius 3 is 2.32 bits per heavy atom. The molecule has 0 aromatic heterocycles. The van der Waals surface area contributed by atoms with Crippen LogP contribution >= 0.6 is 0 Å². The molecule has 2 aromatic carbocycles. The molecule has 8 heteroatoms. The Bertz CT molecular complexity index is 868. The molecule has 0 spiro atoms. The van der Waals surface area contributed by atoms with Crippen LogP contribution in [0.4, 0.5) is 27.6 Å². The Balaban J connectivity index is 2.09. The number of halogens is 5. The number of nitrogens with one attached hydrogen (secondary N) is 2. The van der Waals surface area contributed by atoms with Crippen LogP contribution in [0.3, 0.4) is 0 Å². The third kappa shape index (κ3) is 5.55. The normalized spacial score (nSPS) is 11.7. The van der Waals surface area contributed by atoms with Gasteiger partial charge in [-0.05, 0) is 55.3 Å². The van der Waals surface area contributed by atoms with E-state index in [2.05, 4.69) is 10.6 Å². The van der Waals surface area contributed by atoms with Crippen molar-refractivity contribution in [3.63, 3.8) is 0 Å². The van der Waals surface area contributed by atoms with Crippen molar-refractivity contribution in [1.29, 1.82) is 0 Å². The number of rotatable bonds is 6. The van der Waals surface area contributed by atoms with Gasteiger partial charge in [0.25, 0.3) is 0 Å². The second-order valence-electron chi connectivity index (χ2n) is 6.07. The number of anilines is 1. The minimum Gasteiger partial charge on any atom is -0.385 e. The maximum Gasteiger partial charge on any atom is 0.416 e. The van der Waals surface area contributed by atoms with Crippen molar-refractivity contribution in [2.45, 2.75) is 26.6 Å². The molecule has 0 aliphatic heterocycles. The summed E-state index contributed by atoms with van der Waals surface area (Å²) in [5, 5.41) is 5.29. The lowest BCUT2D eigenvalue weighted by molar-refractivity contribution is -0.137. The van der Waals surface area contributed by atoms with E-state index in [0.29, 0.717) is 12.1 Å². The summed E-state index contributed by atoms with van der Waals surface area (Å²) < 4.78 is 65.5. The smallest absolute Gasteiger partial charge is 0.385 e. The van der Waals surface area contributed by atoms with Crippen molar-refractivity contribution in [2.24, 2.45) is 0 Å². The van der Waals surface area contributed by atoms with E-state index in [1.54, 1.807) is 6.92 Å². The monoisotopic (exact) mass is 398 g/mol. The van der Waals surface area contributed by atoms with Crippen LogP contribution in [0.25, 0.3) is 6.08 Å². The second kappa shape index (κ2) is 8.86. The lowest BCUT2D eigenvalue weighted by Gasteiger charge is -2.12. The molecule has 0 saturated carbocycles. The summed E-state index contributed by atoms with van der Waals surface area (Å²) in [7, 11) is 0. The molecule has 2 rings (SSSR count). The molecule has 0 radical (unpaired) electrons. The van der Waals surface area contributed by atoms with Gasteiger partial charge in [0.1, 0.15) is 11.6 Å². The molecule has 0 bridgehead atoms. The third-order valence-electron chi connectivity index (χ3n) is 3.97. The van der Waals surface area contributed by atoms with E-state index < -0.39 is 29.3 Å². The van der Waals surface area contributed by atoms with Crippen molar-refractivity contribution >= 4 is 17.7 Å². The number of hydrogen-bond acceptors (Lipinski definition) is 2. The topological polar surface area (TPSA) is 41.1 Å². The fraction of sp³-hybridized carbons (Fsp3) is 0.250. The van der Waals surface area contributed by atoms with E-state index in [1.165, 1.54) is 19.1 Å². The van der Waals surface area contributed by atoms with Gasteiger partial charge in [0.15, 0.2) is 0 Å². The number of carbonyl (C=O) groups is 1. The molecule has 0 aliphatic rings. The summed E-state index contributed by atoms with van der Waals surface area (Å²) in [6, 6.07) is 5.41. The number of benzene rings is 2. The summed E-state index contributed by atoms with van der Waals surface area (Å²) in [6.07, 6.45) is -1.96. The van der Waals surface area contributed by atoms with Crippen LogP contribution in [0.5, 0.6) is 0 Å². The first-order valence-corrected chi connectivity index (χ1v) is 8.47. The summed E-state index contributed by atoms with van der Waals surface area (Å²) in [4.78, 5) is 11.9. The largest absolute Gasteiger partial charge is 0.416 e. The fourth-order valence-electron chi connectivity index (χ4n) is 2.43. The Morgan fingerprint density at radius 2 is 1.75 bits per heavy atom. The van der Waals surface area contributed by atoms with E-state index >= 15 is 0 Å². The van der Waals surface area contributed by atoms with Gasteiger partial charge >= 0.3 is 6.18 Å². The summed E-state index contributed by atoms with van der Waals surface area (Å²) in [6.45, 7) is 3.35. The molecule has 0 aliphatic carbocycles. The molecule has 0 fully saturated rings. The first-order chi connectivity index (χ1) is 13.1. The van der Waals surface area contributed by atoms with E-state index in [0.717, 1.165) is 30.3 Å². The van der Waals surface area contributed by atoms with Crippen LogP contribution in [0.2, 0.25) is 0 Å². The van der Waals surface area contributed by atoms with Crippen LogP contribution in [-0.4, -0.2) is 12.5 Å². The van der Waals surface area contributed by atoms with E-state index in [9.17, 15) is 26.7 Å². The Hall–Kier alpha value is -2.90. The van der Waals surface area contributed by atoms with Crippen LogP contribution < -0.4 is 10.6 Å². The van der Waals surface area contributed by atoms with Crippen molar-refractivity contribution in [2.75, 3.05) is 11.9 Å². The summed E-state index contributed by atoms with van der Waals surface area (Å²) in [5.41, 5.74) is -0.00611. The number of carbonyl (C=O) groups excluding carboxylic acids is 1. The molecular formula is C20H19F5N2O. The van der Waals surface area contributed by atoms with E-state index in [-0.39, 0.29) is 23.4 Å². The third-order valence-corrected chi connectivity index (χ3v) is 3.97. The molecule has 0 heterocycles. The molecule has 0 saturated heterocycles. The zero-order valence-electron chi connectivity index (χ0n) is 15.3. The lowest BCUT2D eigenvalue weighted by Crippen LogP contribution is -2.20. The van der Waals surface area contributed by atoms with Crippen molar-refractivity contribution in [1.82, 2.24) is 5.32 Å². The Kier molecular flexibility index (Phi) is 6.77. The van der Waals surface area contributed by atoms with Gasteiger partial charge in [0.2, 0.25) is 5.91 Å². The predicted octanol–water partition coefficient (Wildman–Crippen LogP) is 5.05. The predicted molar refractivity (Wildman–Crippen MR) is 97.6 cm³/mol. The molecule has 3 nitrogen and oxygen atoms in total. The minimum absolute atomic E-state index is 0.0929. The molecular weight excluding hydrogens is 379 g/mol. The van der Waals surface area contributed by atoms with E-state index in [1.807, 2.05) is 0 Å². The van der Waals surface area contributed by atoms with Gasteiger partial charge in [-0.15, -0.1) is 0 Å².